The summed E-state index contributed by atoms with van der Waals surface area (Å²) >= 11 is 1.29. The van der Waals surface area contributed by atoms with Crippen LogP contribution in [-0.2, 0) is 6.42 Å². The maximum Gasteiger partial charge on any atom is 0.268 e. The zero-order valence-electron chi connectivity index (χ0n) is 12.2. The highest BCUT2D eigenvalue weighted by molar-refractivity contribution is 7.20. The van der Waals surface area contributed by atoms with Gasteiger partial charge >= 0.3 is 0 Å². The second kappa shape index (κ2) is 5.42. The fraction of sp³-hybridized carbons (Fsp3) is 0.167. The van der Waals surface area contributed by atoms with Crippen molar-refractivity contribution in [1.29, 1.82) is 0 Å². The van der Waals surface area contributed by atoms with Gasteiger partial charge in [0, 0.05) is 22.3 Å². The average Bonchev–Trinajstić information content (AvgIpc) is 2.99. The fourth-order valence-corrected chi connectivity index (χ4v) is 4.06. The average molecular weight is 329 g/mol. The quantitative estimate of drug-likeness (QED) is 0.629. The van der Waals surface area contributed by atoms with E-state index in [0.29, 0.717) is 16.8 Å². The molecular formula is C18H13F2NOS. The molecule has 1 aliphatic heterocycles. The Morgan fingerprint density at radius 2 is 2.00 bits per heavy atom. The van der Waals surface area contributed by atoms with Crippen molar-refractivity contribution in [3.05, 3.63) is 64.5 Å². The lowest BCUT2D eigenvalue weighted by atomic mass is 10.0. The van der Waals surface area contributed by atoms with Gasteiger partial charge in [0.25, 0.3) is 5.91 Å². The van der Waals surface area contributed by atoms with Crippen LogP contribution < -0.4 is 4.90 Å². The van der Waals surface area contributed by atoms with E-state index in [1.807, 2.05) is 0 Å². The molecule has 0 radical (unpaired) electrons. The van der Waals surface area contributed by atoms with Crippen LogP contribution in [0.3, 0.4) is 0 Å². The molecule has 4 rings (SSSR count). The summed E-state index contributed by atoms with van der Waals surface area (Å²) in [4.78, 5) is 15.0. The van der Waals surface area contributed by atoms with Crippen molar-refractivity contribution < 1.29 is 13.6 Å². The second-order valence-corrected chi connectivity index (χ2v) is 6.68. The molecule has 2 nitrogen and oxygen atoms in total. The number of aryl methyl sites for hydroxylation is 1. The Balaban J connectivity index is 1.76. The lowest BCUT2D eigenvalue weighted by Crippen LogP contribution is -2.35. The number of amides is 1. The van der Waals surface area contributed by atoms with Crippen LogP contribution in [0, 0.1) is 11.6 Å². The number of fused-ring (bicyclic) bond motifs is 2. The Kier molecular flexibility index (Phi) is 3.38. The van der Waals surface area contributed by atoms with E-state index in [9.17, 15) is 13.6 Å². The number of rotatable bonds is 1. The van der Waals surface area contributed by atoms with Gasteiger partial charge in [0.15, 0.2) is 0 Å². The summed E-state index contributed by atoms with van der Waals surface area (Å²) in [6, 6.07) is 10.9. The summed E-state index contributed by atoms with van der Waals surface area (Å²) in [6.07, 6.45) is 1.55. The third kappa shape index (κ3) is 2.41. The number of thiophene rings is 1. The minimum atomic E-state index is -0.320. The van der Waals surface area contributed by atoms with Crippen LogP contribution in [-0.4, -0.2) is 12.5 Å². The van der Waals surface area contributed by atoms with Crippen LogP contribution in [0.15, 0.2) is 42.5 Å². The van der Waals surface area contributed by atoms with E-state index in [2.05, 4.69) is 0 Å². The molecule has 1 amide bonds. The van der Waals surface area contributed by atoms with Gasteiger partial charge in [0.2, 0.25) is 0 Å². The molecule has 1 aromatic heterocycles. The monoisotopic (exact) mass is 329 g/mol. The number of anilines is 1. The van der Waals surface area contributed by atoms with Crippen LogP contribution in [0.1, 0.15) is 21.7 Å². The van der Waals surface area contributed by atoms with Crippen LogP contribution in [0.2, 0.25) is 0 Å². The summed E-state index contributed by atoms with van der Waals surface area (Å²) in [6.45, 7) is 0.591. The largest absolute Gasteiger partial charge is 0.307 e. The van der Waals surface area contributed by atoms with Gasteiger partial charge in [-0.3, -0.25) is 4.79 Å². The second-order valence-electron chi connectivity index (χ2n) is 5.60. The first-order valence-electron chi connectivity index (χ1n) is 7.42. The number of halogens is 2. The summed E-state index contributed by atoms with van der Waals surface area (Å²) < 4.78 is 28.0. The Hall–Kier alpha value is -2.27. The molecule has 0 saturated carbocycles. The van der Waals surface area contributed by atoms with Gasteiger partial charge in [-0.2, -0.15) is 0 Å². The highest BCUT2D eigenvalue weighted by Gasteiger charge is 2.25. The van der Waals surface area contributed by atoms with Crippen molar-refractivity contribution in [3.63, 3.8) is 0 Å². The number of carbonyl (C=O) groups excluding carboxylic acids is 1. The Morgan fingerprint density at radius 3 is 2.83 bits per heavy atom. The van der Waals surface area contributed by atoms with E-state index < -0.39 is 0 Å². The Bertz CT molecular complexity index is 919. The molecule has 3 aromatic rings. The van der Waals surface area contributed by atoms with E-state index in [-0.39, 0.29) is 17.5 Å². The van der Waals surface area contributed by atoms with Crippen molar-refractivity contribution in [3.8, 4) is 0 Å². The van der Waals surface area contributed by atoms with Gasteiger partial charge in [-0.15, -0.1) is 11.3 Å². The smallest absolute Gasteiger partial charge is 0.268 e. The SMILES string of the molecule is O=C(c1cc2c(F)cccc2s1)N1CCCc2cc(F)ccc21. The van der Waals surface area contributed by atoms with Gasteiger partial charge in [-0.05, 0) is 54.8 Å². The predicted octanol–water partition coefficient (Wildman–Crippen LogP) is 4.77. The first-order chi connectivity index (χ1) is 11.1. The standard InChI is InChI=1S/C18H13F2NOS/c19-12-6-7-15-11(9-12)3-2-8-21(15)18(22)17-10-13-14(20)4-1-5-16(13)23-17/h1,4-7,9-10H,2-3,8H2. The van der Waals surface area contributed by atoms with Gasteiger partial charge < -0.3 is 4.90 Å². The molecule has 0 fully saturated rings. The third-order valence-corrected chi connectivity index (χ3v) is 5.21. The molecule has 0 spiro atoms. The number of hydrogen-bond acceptors (Lipinski definition) is 2. The molecule has 23 heavy (non-hydrogen) atoms. The first-order valence-corrected chi connectivity index (χ1v) is 8.23. The summed E-state index contributed by atoms with van der Waals surface area (Å²) in [7, 11) is 0. The van der Waals surface area contributed by atoms with Crippen molar-refractivity contribution in [2.75, 3.05) is 11.4 Å². The molecule has 1 aliphatic rings. The molecule has 0 N–H and O–H groups in total. The highest BCUT2D eigenvalue weighted by atomic mass is 32.1. The molecular weight excluding hydrogens is 316 g/mol. The normalized spacial score (nSPS) is 14.1. The van der Waals surface area contributed by atoms with E-state index in [0.717, 1.165) is 28.8 Å². The molecule has 2 aromatic carbocycles. The van der Waals surface area contributed by atoms with Gasteiger partial charge in [-0.25, -0.2) is 8.78 Å². The summed E-state index contributed by atoms with van der Waals surface area (Å²) in [5.41, 5.74) is 1.59. The molecule has 5 heteroatoms. The minimum Gasteiger partial charge on any atom is -0.307 e. The topological polar surface area (TPSA) is 20.3 Å². The van der Waals surface area contributed by atoms with Crippen LogP contribution >= 0.6 is 11.3 Å². The maximum absolute atomic E-state index is 13.8. The zero-order valence-corrected chi connectivity index (χ0v) is 13.0. The van der Waals surface area contributed by atoms with Gasteiger partial charge in [-0.1, -0.05) is 6.07 Å². The van der Waals surface area contributed by atoms with Gasteiger partial charge in [0.05, 0.1) is 4.88 Å². The molecule has 0 unspecified atom stereocenters. The Morgan fingerprint density at radius 1 is 1.13 bits per heavy atom. The number of hydrogen-bond donors (Lipinski definition) is 0. The number of benzene rings is 2. The van der Waals surface area contributed by atoms with E-state index in [1.54, 1.807) is 29.2 Å². The number of nitrogens with zero attached hydrogens (tertiary/aromatic N) is 1. The minimum absolute atomic E-state index is 0.154. The maximum atomic E-state index is 13.8. The fourth-order valence-electron chi connectivity index (χ4n) is 3.04. The lowest BCUT2D eigenvalue weighted by Gasteiger charge is -2.29. The third-order valence-electron chi connectivity index (χ3n) is 4.12. The Labute approximate surface area is 136 Å². The molecule has 2 heterocycles. The predicted molar refractivity (Wildman–Crippen MR) is 88.2 cm³/mol. The highest BCUT2D eigenvalue weighted by Crippen LogP contribution is 2.33. The van der Waals surface area contributed by atoms with E-state index in [4.69, 9.17) is 0 Å². The van der Waals surface area contributed by atoms with Crippen molar-refractivity contribution in [2.45, 2.75) is 12.8 Å². The van der Waals surface area contributed by atoms with Crippen LogP contribution in [0.5, 0.6) is 0 Å². The van der Waals surface area contributed by atoms with Crippen molar-refractivity contribution in [1.82, 2.24) is 0 Å². The lowest BCUT2D eigenvalue weighted by molar-refractivity contribution is 0.0989. The van der Waals surface area contributed by atoms with E-state index >= 15 is 0 Å². The van der Waals surface area contributed by atoms with Crippen LogP contribution in [0.4, 0.5) is 14.5 Å². The molecule has 0 bridgehead atoms. The van der Waals surface area contributed by atoms with E-state index in [1.165, 1.54) is 29.5 Å². The summed E-state index contributed by atoms with van der Waals surface area (Å²) in [5.74, 6) is -0.765. The first kappa shape index (κ1) is 14.3. The van der Waals surface area contributed by atoms with Gasteiger partial charge in [0.1, 0.15) is 11.6 Å². The van der Waals surface area contributed by atoms with Crippen LogP contribution in [0.25, 0.3) is 10.1 Å². The van der Waals surface area contributed by atoms with Crippen molar-refractivity contribution in [2.24, 2.45) is 0 Å². The zero-order chi connectivity index (χ0) is 16.0. The summed E-state index contributed by atoms with van der Waals surface area (Å²) in [5, 5.41) is 0.470. The molecule has 0 aliphatic carbocycles. The molecule has 0 saturated heterocycles. The van der Waals surface area contributed by atoms with Crippen molar-refractivity contribution >= 4 is 33.0 Å². The number of carbonyl (C=O) groups is 1. The molecule has 0 atom stereocenters. The molecule has 116 valence electrons.